The van der Waals surface area contributed by atoms with Crippen molar-refractivity contribution < 1.29 is 24.1 Å². The first-order chi connectivity index (χ1) is 8.24. The van der Waals surface area contributed by atoms with Crippen LogP contribution in [0.15, 0.2) is 0 Å². The SMILES string of the molecule is CC1(C)OC(C(O)CN)C([C@H]2COC(C)(C)O2)O1. The maximum atomic E-state index is 9.92. The molecule has 6 nitrogen and oxygen atoms in total. The summed E-state index contributed by atoms with van der Waals surface area (Å²) in [6, 6.07) is 0. The molecule has 0 aromatic heterocycles. The van der Waals surface area contributed by atoms with Crippen LogP contribution in [0.25, 0.3) is 0 Å². The van der Waals surface area contributed by atoms with E-state index in [2.05, 4.69) is 0 Å². The highest BCUT2D eigenvalue weighted by Gasteiger charge is 2.51. The van der Waals surface area contributed by atoms with Crippen LogP contribution in [0.4, 0.5) is 0 Å². The lowest BCUT2D eigenvalue weighted by Crippen LogP contribution is -2.46. The largest absolute Gasteiger partial charge is 0.389 e. The van der Waals surface area contributed by atoms with Crippen LogP contribution in [-0.2, 0) is 18.9 Å². The molecule has 3 N–H and O–H groups in total. The first kappa shape index (κ1) is 14.2. The highest BCUT2D eigenvalue weighted by atomic mass is 16.8. The second kappa shape index (κ2) is 4.70. The van der Waals surface area contributed by atoms with E-state index in [0.29, 0.717) is 6.61 Å². The average Bonchev–Trinajstić information content (AvgIpc) is 2.77. The van der Waals surface area contributed by atoms with Crippen LogP contribution in [0.1, 0.15) is 27.7 Å². The fourth-order valence-electron chi connectivity index (χ4n) is 2.41. The number of aliphatic hydroxyl groups excluding tert-OH is 1. The Bertz CT molecular complexity index is 307. The van der Waals surface area contributed by atoms with Crippen molar-refractivity contribution in [2.75, 3.05) is 13.2 Å². The van der Waals surface area contributed by atoms with Crippen LogP contribution in [0.3, 0.4) is 0 Å². The molecule has 0 radical (unpaired) electrons. The average molecular weight is 261 g/mol. The van der Waals surface area contributed by atoms with E-state index in [-0.39, 0.29) is 18.8 Å². The lowest BCUT2D eigenvalue weighted by Gasteiger charge is -2.25. The van der Waals surface area contributed by atoms with E-state index < -0.39 is 23.8 Å². The zero-order valence-electron chi connectivity index (χ0n) is 11.4. The molecule has 0 aromatic rings. The number of hydrogen-bond acceptors (Lipinski definition) is 6. The van der Waals surface area contributed by atoms with Crippen LogP contribution >= 0.6 is 0 Å². The number of rotatable bonds is 3. The van der Waals surface area contributed by atoms with E-state index in [9.17, 15) is 5.11 Å². The fraction of sp³-hybridized carbons (Fsp3) is 1.00. The number of aliphatic hydroxyl groups is 1. The summed E-state index contributed by atoms with van der Waals surface area (Å²) in [6.07, 6.45) is -1.90. The van der Waals surface area contributed by atoms with Crippen molar-refractivity contribution in [3.63, 3.8) is 0 Å². The van der Waals surface area contributed by atoms with Crippen LogP contribution in [0.5, 0.6) is 0 Å². The summed E-state index contributed by atoms with van der Waals surface area (Å²) in [5, 5.41) is 9.92. The third-order valence-corrected chi connectivity index (χ3v) is 3.18. The first-order valence-electron chi connectivity index (χ1n) is 6.30. The molecule has 2 rings (SSSR count). The van der Waals surface area contributed by atoms with Gasteiger partial charge in [-0.1, -0.05) is 0 Å². The minimum absolute atomic E-state index is 0.123. The van der Waals surface area contributed by atoms with Crippen LogP contribution < -0.4 is 5.73 Å². The second-order valence-electron chi connectivity index (χ2n) is 5.73. The molecule has 0 aromatic carbocycles. The van der Waals surface area contributed by atoms with Crippen molar-refractivity contribution >= 4 is 0 Å². The summed E-state index contributed by atoms with van der Waals surface area (Å²) in [6.45, 7) is 7.86. The Labute approximate surface area is 107 Å². The summed E-state index contributed by atoms with van der Waals surface area (Å²) in [7, 11) is 0. The Balaban J connectivity index is 2.10. The van der Waals surface area contributed by atoms with Crippen LogP contribution in [0, 0.1) is 0 Å². The van der Waals surface area contributed by atoms with Crippen LogP contribution in [-0.4, -0.2) is 54.2 Å². The van der Waals surface area contributed by atoms with E-state index >= 15 is 0 Å². The molecule has 2 saturated heterocycles. The van der Waals surface area contributed by atoms with Gasteiger partial charge in [-0.25, -0.2) is 0 Å². The zero-order valence-corrected chi connectivity index (χ0v) is 11.4. The minimum atomic E-state index is -0.774. The van der Waals surface area contributed by atoms with Crippen molar-refractivity contribution in [3.8, 4) is 0 Å². The molecule has 0 aliphatic carbocycles. The van der Waals surface area contributed by atoms with Crippen molar-refractivity contribution in [2.45, 2.75) is 63.7 Å². The number of ether oxygens (including phenoxy) is 4. The lowest BCUT2D eigenvalue weighted by atomic mass is 10.0. The Morgan fingerprint density at radius 1 is 1.17 bits per heavy atom. The molecule has 2 aliphatic heterocycles. The van der Waals surface area contributed by atoms with E-state index in [1.54, 1.807) is 0 Å². The molecular weight excluding hydrogens is 238 g/mol. The Hall–Kier alpha value is -0.240. The van der Waals surface area contributed by atoms with Gasteiger partial charge in [0.05, 0.1) is 12.7 Å². The van der Waals surface area contributed by atoms with Gasteiger partial charge in [-0.3, -0.25) is 0 Å². The molecule has 2 aliphatic rings. The van der Waals surface area contributed by atoms with Gasteiger partial charge in [0.25, 0.3) is 0 Å². The van der Waals surface area contributed by atoms with Crippen molar-refractivity contribution in [1.82, 2.24) is 0 Å². The van der Waals surface area contributed by atoms with Crippen LogP contribution in [0.2, 0.25) is 0 Å². The summed E-state index contributed by atoms with van der Waals surface area (Å²) in [5.74, 6) is -1.37. The summed E-state index contributed by atoms with van der Waals surface area (Å²) < 4.78 is 22.8. The Kier molecular flexibility index (Phi) is 3.70. The Morgan fingerprint density at radius 3 is 2.33 bits per heavy atom. The topological polar surface area (TPSA) is 83.2 Å². The lowest BCUT2D eigenvalue weighted by molar-refractivity contribution is -0.175. The van der Waals surface area contributed by atoms with Crippen molar-refractivity contribution in [1.29, 1.82) is 0 Å². The fourth-order valence-corrected chi connectivity index (χ4v) is 2.41. The van der Waals surface area contributed by atoms with E-state index in [4.69, 9.17) is 24.7 Å². The normalized spacial score (nSPS) is 40.0. The van der Waals surface area contributed by atoms with E-state index in [1.807, 2.05) is 27.7 Å². The molecule has 3 unspecified atom stereocenters. The molecule has 18 heavy (non-hydrogen) atoms. The van der Waals surface area contributed by atoms with Gasteiger partial charge in [-0.2, -0.15) is 0 Å². The van der Waals surface area contributed by atoms with E-state index in [1.165, 1.54) is 0 Å². The maximum Gasteiger partial charge on any atom is 0.164 e. The van der Waals surface area contributed by atoms with Crippen molar-refractivity contribution in [3.05, 3.63) is 0 Å². The highest BCUT2D eigenvalue weighted by molar-refractivity contribution is 4.93. The van der Waals surface area contributed by atoms with Gasteiger partial charge in [0.15, 0.2) is 11.6 Å². The number of hydrogen-bond donors (Lipinski definition) is 2. The monoisotopic (exact) mass is 261 g/mol. The first-order valence-corrected chi connectivity index (χ1v) is 6.30. The number of nitrogens with two attached hydrogens (primary N) is 1. The van der Waals surface area contributed by atoms with Gasteiger partial charge in [-0.15, -0.1) is 0 Å². The minimum Gasteiger partial charge on any atom is -0.389 e. The molecular formula is C12H23NO5. The van der Waals surface area contributed by atoms with Gasteiger partial charge in [0, 0.05) is 6.54 Å². The zero-order chi connectivity index (χ0) is 13.6. The summed E-state index contributed by atoms with van der Waals surface area (Å²) >= 11 is 0. The highest BCUT2D eigenvalue weighted by Crippen LogP contribution is 2.36. The van der Waals surface area contributed by atoms with E-state index in [0.717, 1.165) is 0 Å². The maximum absolute atomic E-state index is 9.92. The Morgan fingerprint density at radius 2 is 1.83 bits per heavy atom. The quantitative estimate of drug-likeness (QED) is 0.743. The van der Waals surface area contributed by atoms with Gasteiger partial charge >= 0.3 is 0 Å². The third kappa shape index (κ3) is 2.84. The molecule has 6 heteroatoms. The molecule has 2 heterocycles. The summed E-state index contributed by atoms with van der Waals surface area (Å²) in [5.41, 5.74) is 5.50. The third-order valence-electron chi connectivity index (χ3n) is 3.18. The molecule has 0 bridgehead atoms. The predicted molar refractivity (Wildman–Crippen MR) is 63.8 cm³/mol. The molecule has 0 saturated carbocycles. The second-order valence-corrected chi connectivity index (χ2v) is 5.73. The molecule has 2 fully saturated rings. The molecule has 0 spiro atoms. The molecule has 106 valence electrons. The van der Waals surface area contributed by atoms with Gasteiger partial charge in [0.2, 0.25) is 0 Å². The van der Waals surface area contributed by atoms with Crippen molar-refractivity contribution in [2.24, 2.45) is 5.73 Å². The van der Waals surface area contributed by atoms with Gasteiger partial charge in [0.1, 0.15) is 18.3 Å². The standard InChI is InChI=1S/C12H23NO5/c1-11(2)15-6-8(16-11)10-9(7(14)5-13)17-12(3,4)18-10/h7-10,14H,5-6,13H2,1-4H3/t7?,8-,9?,10?/m1/s1. The summed E-state index contributed by atoms with van der Waals surface area (Å²) in [4.78, 5) is 0. The molecule has 0 amide bonds. The molecule has 4 atom stereocenters. The smallest absolute Gasteiger partial charge is 0.164 e. The van der Waals surface area contributed by atoms with Gasteiger partial charge in [-0.05, 0) is 27.7 Å². The predicted octanol–water partition coefficient (Wildman–Crippen LogP) is -0.0224. The van der Waals surface area contributed by atoms with Gasteiger partial charge < -0.3 is 29.8 Å².